The van der Waals surface area contributed by atoms with Crippen LogP contribution >= 0.6 is 0 Å². The average Bonchev–Trinajstić information content (AvgIpc) is 2.61. The average molecular weight is 353 g/mol. The van der Waals surface area contributed by atoms with Crippen molar-refractivity contribution in [2.75, 3.05) is 0 Å². The molecule has 0 amide bonds. The summed E-state index contributed by atoms with van der Waals surface area (Å²) in [5.74, 6) is 0. The van der Waals surface area contributed by atoms with Crippen molar-refractivity contribution in [1.29, 1.82) is 0 Å². The van der Waals surface area contributed by atoms with E-state index in [0.717, 1.165) is 12.0 Å². The summed E-state index contributed by atoms with van der Waals surface area (Å²) in [6.45, 7) is 28.8. The van der Waals surface area contributed by atoms with Gasteiger partial charge in [-0.25, -0.2) is 0 Å². The van der Waals surface area contributed by atoms with E-state index in [1.54, 1.807) is 0 Å². The zero-order valence-electron chi connectivity index (χ0n) is 18.9. The molecule has 0 aliphatic rings. The fraction of sp³-hybridized carbons (Fsp3) is 0.423. The van der Waals surface area contributed by atoms with Crippen LogP contribution in [0.3, 0.4) is 0 Å². The molecule has 0 rings (SSSR count). The van der Waals surface area contributed by atoms with Gasteiger partial charge in [0.05, 0.1) is 0 Å². The molecule has 0 atom stereocenters. The first-order valence-electron chi connectivity index (χ1n) is 9.31. The van der Waals surface area contributed by atoms with Gasteiger partial charge in [-0.1, -0.05) is 35.5 Å². The van der Waals surface area contributed by atoms with Gasteiger partial charge in [-0.2, -0.15) is 0 Å². The normalized spacial score (nSPS) is 12.5. The maximum atomic E-state index is 3.94. The summed E-state index contributed by atoms with van der Waals surface area (Å²) in [5, 5.41) is 0. The van der Waals surface area contributed by atoms with Gasteiger partial charge in [0, 0.05) is 0 Å². The topological polar surface area (TPSA) is 0 Å². The quantitative estimate of drug-likeness (QED) is 0.254. The molecule has 0 spiro atoms. The lowest BCUT2D eigenvalue weighted by molar-refractivity contribution is 1.17. The van der Waals surface area contributed by atoms with Gasteiger partial charge >= 0.3 is 0 Å². The molecule has 0 aromatic heterocycles. The summed E-state index contributed by atoms with van der Waals surface area (Å²) in [4.78, 5) is 0. The minimum Gasteiger partial charge on any atom is -0.125 e. The van der Waals surface area contributed by atoms with Gasteiger partial charge in [0.2, 0.25) is 0 Å². The van der Waals surface area contributed by atoms with Crippen LogP contribution in [0.1, 0.15) is 75.7 Å². The predicted molar refractivity (Wildman–Crippen MR) is 123 cm³/mol. The monoisotopic (exact) mass is 352 g/mol. The Balaban J connectivity index is 0. The smallest absolute Gasteiger partial charge is 0.0166 e. The molecule has 0 fully saturated rings. The number of rotatable bonds is 6. The summed E-state index contributed by atoms with van der Waals surface area (Å²) < 4.78 is 0. The summed E-state index contributed by atoms with van der Waals surface area (Å²) in [6.07, 6.45) is 8.97. The second kappa shape index (κ2) is 14.2. The molecule has 0 heteroatoms. The predicted octanol–water partition coefficient (Wildman–Crippen LogP) is 8.83. The van der Waals surface area contributed by atoms with E-state index in [2.05, 4.69) is 87.3 Å². The Bertz CT molecular complexity index is 672. The summed E-state index contributed by atoms with van der Waals surface area (Å²) in [5.41, 5.74) is 13.6. The van der Waals surface area contributed by atoms with Crippen molar-refractivity contribution < 1.29 is 0 Å². The molecule has 0 aliphatic heterocycles. The highest BCUT2D eigenvalue weighted by Gasteiger charge is 2.00. The summed E-state index contributed by atoms with van der Waals surface area (Å²) in [7, 11) is 0. The van der Waals surface area contributed by atoms with E-state index in [-0.39, 0.29) is 0 Å². The summed E-state index contributed by atoms with van der Waals surface area (Å²) in [6, 6.07) is 0. The Kier molecular flexibility index (Phi) is 14.3. The number of hydrogen-bond acceptors (Lipinski definition) is 0. The van der Waals surface area contributed by atoms with Gasteiger partial charge in [0.1, 0.15) is 0 Å². The Morgan fingerprint density at radius 2 is 1.35 bits per heavy atom. The highest BCUT2D eigenvalue weighted by atomic mass is 14.1. The molecule has 0 N–H and O–H groups in total. The van der Waals surface area contributed by atoms with Crippen LogP contribution < -0.4 is 0 Å². The molecular weight excluding hydrogens is 312 g/mol. The maximum Gasteiger partial charge on any atom is -0.0166 e. The number of allylic oxidation sites excluding steroid dienone is 11. The van der Waals surface area contributed by atoms with Gasteiger partial charge < -0.3 is 0 Å². The third-order valence-corrected chi connectivity index (χ3v) is 4.76. The molecule has 0 radical (unpaired) electrons. The largest absolute Gasteiger partial charge is 0.125 e. The van der Waals surface area contributed by atoms with Crippen LogP contribution in [0.5, 0.6) is 0 Å². The van der Waals surface area contributed by atoms with E-state index >= 15 is 0 Å². The zero-order chi connectivity index (χ0) is 20.9. The molecular formula is C26H40. The van der Waals surface area contributed by atoms with Crippen LogP contribution in [0.4, 0.5) is 0 Å². The van der Waals surface area contributed by atoms with Crippen molar-refractivity contribution >= 4 is 0 Å². The summed E-state index contributed by atoms with van der Waals surface area (Å²) >= 11 is 0. The molecule has 0 nitrogen and oxygen atoms in total. The van der Waals surface area contributed by atoms with E-state index < -0.39 is 0 Å². The Labute approximate surface area is 163 Å². The molecule has 0 aromatic carbocycles. The molecule has 0 unspecified atom stereocenters. The minimum atomic E-state index is 0.934. The van der Waals surface area contributed by atoms with Gasteiger partial charge in [0.25, 0.3) is 0 Å². The van der Waals surface area contributed by atoms with Gasteiger partial charge in [-0.05, 0) is 116 Å². The third-order valence-electron chi connectivity index (χ3n) is 4.76. The second-order valence-corrected chi connectivity index (χ2v) is 6.97. The van der Waals surface area contributed by atoms with Crippen molar-refractivity contribution in [1.82, 2.24) is 0 Å². The van der Waals surface area contributed by atoms with Crippen LogP contribution in [-0.4, -0.2) is 0 Å². The van der Waals surface area contributed by atoms with Crippen LogP contribution in [0.15, 0.2) is 87.8 Å². The standard InChI is InChI=1S/C14H20.C12H20/c1-6-8-10-12(3)14(5)13(4)11-9-7-2;1-8(2)10(5)12(7)11(6)9(3)4/h6-7,10-11H,1,8H2,2-5H3;1H2,2-7H3/b12-10+,14-13+;12-10+. The molecule has 0 aliphatic carbocycles. The lowest BCUT2D eigenvalue weighted by Crippen LogP contribution is -1.89. The van der Waals surface area contributed by atoms with E-state index in [4.69, 9.17) is 0 Å². The fourth-order valence-corrected chi connectivity index (χ4v) is 2.02. The van der Waals surface area contributed by atoms with E-state index in [1.807, 2.05) is 25.2 Å². The van der Waals surface area contributed by atoms with Crippen molar-refractivity contribution in [2.45, 2.75) is 75.7 Å². The van der Waals surface area contributed by atoms with Gasteiger partial charge in [0.15, 0.2) is 0 Å². The van der Waals surface area contributed by atoms with Gasteiger partial charge in [-0.3, -0.25) is 0 Å². The van der Waals surface area contributed by atoms with Crippen LogP contribution in [0.2, 0.25) is 0 Å². The van der Waals surface area contributed by atoms with Crippen LogP contribution in [0.25, 0.3) is 0 Å². The molecule has 0 aromatic rings. The van der Waals surface area contributed by atoms with Gasteiger partial charge in [-0.15, -0.1) is 12.3 Å². The van der Waals surface area contributed by atoms with Crippen LogP contribution in [-0.2, 0) is 0 Å². The first kappa shape index (κ1) is 26.2. The fourth-order valence-electron chi connectivity index (χ4n) is 2.02. The second-order valence-electron chi connectivity index (χ2n) is 6.97. The zero-order valence-corrected chi connectivity index (χ0v) is 18.9. The lowest BCUT2D eigenvalue weighted by Gasteiger charge is -2.09. The Hall–Kier alpha value is -2.04. The maximum absolute atomic E-state index is 3.94. The van der Waals surface area contributed by atoms with Crippen molar-refractivity contribution in [3.05, 3.63) is 87.8 Å². The van der Waals surface area contributed by atoms with E-state index in [1.165, 1.54) is 39.0 Å². The Morgan fingerprint density at radius 3 is 1.73 bits per heavy atom. The molecule has 0 saturated heterocycles. The van der Waals surface area contributed by atoms with Crippen molar-refractivity contribution in [2.24, 2.45) is 0 Å². The SMILES string of the molecule is C=C(C)/C(C)=C(\C)C(C)=C(C)C.C=CC/C=C(C)/C(C)=C(\C)C=C=CC. The van der Waals surface area contributed by atoms with E-state index in [9.17, 15) is 0 Å². The molecule has 26 heavy (non-hydrogen) atoms. The van der Waals surface area contributed by atoms with Crippen LogP contribution in [0, 0.1) is 0 Å². The highest BCUT2D eigenvalue weighted by molar-refractivity contribution is 5.41. The molecule has 0 heterocycles. The third kappa shape index (κ3) is 10.7. The highest BCUT2D eigenvalue weighted by Crippen LogP contribution is 2.20. The molecule has 144 valence electrons. The first-order chi connectivity index (χ1) is 12.0. The first-order valence-corrected chi connectivity index (χ1v) is 9.31. The lowest BCUT2D eigenvalue weighted by atomic mass is 9.97. The van der Waals surface area contributed by atoms with Crippen molar-refractivity contribution in [3.8, 4) is 0 Å². The molecule has 0 saturated carbocycles. The Morgan fingerprint density at radius 1 is 0.808 bits per heavy atom. The van der Waals surface area contributed by atoms with E-state index in [0.29, 0.717) is 0 Å². The molecule has 0 bridgehead atoms. The number of hydrogen-bond donors (Lipinski definition) is 0. The van der Waals surface area contributed by atoms with Crippen molar-refractivity contribution in [3.63, 3.8) is 0 Å². The minimum absolute atomic E-state index is 0.934.